The van der Waals surface area contributed by atoms with Gasteiger partial charge in [-0.1, -0.05) is 47.4 Å². The Kier molecular flexibility index (Phi) is 9.29. The molecule has 0 radical (unpaired) electrons. The van der Waals surface area contributed by atoms with Crippen molar-refractivity contribution >= 4 is 47.8 Å². The number of fused-ring (bicyclic) bond motifs is 1. The van der Waals surface area contributed by atoms with Gasteiger partial charge in [-0.05, 0) is 60.4 Å². The maximum absolute atomic E-state index is 13.7. The zero-order chi connectivity index (χ0) is 29.1. The highest BCUT2D eigenvalue weighted by atomic mass is 127. The Morgan fingerprint density at radius 3 is 2.75 bits per heavy atom. The number of nitrogens with one attached hydrogen (secondary N) is 1. The zero-order valence-electron chi connectivity index (χ0n) is 22.7. The van der Waals surface area contributed by atoms with Gasteiger partial charge in [-0.2, -0.15) is 5.10 Å². The molecule has 1 fully saturated rings. The summed E-state index contributed by atoms with van der Waals surface area (Å²) in [6, 6.07) is 12.1. The van der Waals surface area contributed by atoms with Gasteiger partial charge in [0.15, 0.2) is 5.84 Å². The van der Waals surface area contributed by atoms with Crippen molar-refractivity contribution in [1.29, 1.82) is 0 Å². The summed E-state index contributed by atoms with van der Waals surface area (Å²) in [5.74, 6) is 1.08. The van der Waals surface area contributed by atoms with Crippen LogP contribution in [0.4, 0.5) is 10.1 Å². The van der Waals surface area contributed by atoms with E-state index in [0.29, 0.717) is 31.0 Å². The molecule has 0 bridgehead atoms. The summed E-state index contributed by atoms with van der Waals surface area (Å²) in [4.78, 5) is 13.8. The van der Waals surface area contributed by atoms with Gasteiger partial charge in [-0.3, -0.25) is 4.57 Å². The number of amidine groups is 1. The van der Waals surface area contributed by atoms with Gasteiger partial charge in [0.25, 0.3) is 0 Å². The van der Waals surface area contributed by atoms with E-state index in [9.17, 15) is 13.8 Å². The van der Waals surface area contributed by atoms with Crippen LogP contribution in [0.3, 0.4) is 0 Å². The molecule has 0 saturated carbocycles. The predicted molar refractivity (Wildman–Crippen MR) is 166 cm³/mol. The summed E-state index contributed by atoms with van der Waals surface area (Å²) in [5, 5.41) is 4.66. The average molecular weight is 681 g/mol. The lowest BCUT2D eigenvalue weighted by Crippen LogP contribution is -2.55. The lowest BCUT2D eigenvalue weighted by Gasteiger charge is -2.47. The van der Waals surface area contributed by atoms with E-state index in [-0.39, 0.29) is 18.5 Å². The number of ether oxygens (including phenoxy) is 1. The minimum Gasteiger partial charge on any atom is -0.495 e. The van der Waals surface area contributed by atoms with Gasteiger partial charge in [0.2, 0.25) is 0 Å². The normalized spacial score (nSPS) is 23.5. The highest BCUT2D eigenvalue weighted by Gasteiger charge is 2.43. The number of methoxy groups -OCH3 is 1. The number of alkyl halides is 1. The molecule has 4 rings (SSSR count). The Bertz CT molecular complexity index is 1390. The summed E-state index contributed by atoms with van der Waals surface area (Å²) in [5.41, 5.74) is 13.2. The third kappa shape index (κ3) is 7.25. The number of halogens is 2. The first kappa shape index (κ1) is 30.1. The van der Waals surface area contributed by atoms with Crippen molar-refractivity contribution in [1.82, 2.24) is 10.3 Å². The van der Waals surface area contributed by atoms with Crippen LogP contribution in [-0.2, 0) is 9.09 Å². The fourth-order valence-corrected chi connectivity index (χ4v) is 6.49. The molecule has 0 aliphatic carbocycles. The van der Waals surface area contributed by atoms with Gasteiger partial charge < -0.3 is 35.1 Å². The molecule has 2 aliphatic rings. The van der Waals surface area contributed by atoms with Crippen molar-refractivity contribution in [2.45, 2.75) is 22.8 Å². The van der Waals surface area contributed by atoms with E-state index >= 15 is 0 Å². The first-order valence-electron chi connectivity index (χ1n) is 12.6. The molecular formula is C28H34FIN5O4P. The lowest BCUT2D eigenvalue weighted by molar-refractivity contribution is 0.188. The van der Waals surface area contributed by atoms with E-state index in [2.05, 4.69) is 44.6 Å². The average Bonchev–Trinajstić information content (AvgIpc) is 2.90. The van der Waals surface area contributed by atoms with E-state index in [1.54, 1.807) is 43.5 Å². The quantitative estimate of drug-likeness (QED) is 0.185. The fourth-order valence-electron chi connectivity index (χ4n) is 4.82. The molecule has 1 saturated heterocycles. The number of hydrogen-bond acceptors (Lipinski definition) is 8. The van der Waals surface area contributed by atoms with Crippen LogP contribution in [0, 0.1) is 5.82 Å². The van der Waals surface area contributed by atoms with Crippen LogP contribution in [0.2, 0.25) is 0 Å². The van der Waals surface area contributed by atoms with E-state index in [1.165, 1.54) is 18.8 Å². The van der Waals surface area contributed by atoms with Crippen molar-refractivity contribution in [2.75, 3.05) is 38.4 Å². The van der Waals surface area contributed by atoms with E-state index in [1.807, 2.05) is 24.3 Å². The number of anilines is 1. The van der Waals surface area contributed by atoms with E-state index < -0.39 is 11.0 Å². The third-order valence-corrected chi connectivity index (χ3v) is 8.19. The second-order valence-corrected chi connectivity index (χ2v) is 14.1. The Morgan fingerprint density at radius 2 is 2.12 bits per heavy atom. The van der Waals surface area contributed by atoms with Gasteiger partial charge in [-0.25, -0.2) is 4.39 Å². The van der Waals surface area contributed by atoms with E-state index in [0.717, 1.165) is 28.2 Å². The van der Waals surface area contributed by atoms with Crippen molar-refractivity contribution in [2.24, 2.45) is 10.8 Å². The van der Waals surface area contributed by atoms with Crippen LogP contribution in [0.15, 0.2) is 77.8 Å². The molecule has 9 nitrogen and oxygen atoms in total. The summed E-state index contributed by atoms with van der Waals surface area (Å²) in [7, 11) is -2.08. The number of nitrogens with zero attached hydrogens (tertiary/aromatic N) is 3. The van der Waals surface area contributed by atoms with Gasteiger partial charge in [0.05, 0.1) is 35.4 Å². The molecule has 4 N–H and O–H groups in total. The number of piperidine rings is 1. The van der Waals surface area contributed by atoms with Gasteiger partial charge >= 0.3 is 7.60 Å². The second kappa shape index (κ2) is 12.3. The number of rotatable bonds is 9. The molecule has 3 atom stereocenters. The molecular weight excluding hydrogens is 647 g/mol. The topological polar surface area (TPSA) is 113 Å². The minimum atomic E-state index is -3.69. The van der Waals surface area contributed by atoms with Crippen molar-refractivity contribution < 1.29 is 23.1 Å². The predicted octanol–water partition coefficient (Wildman–Crippen LogP) is 5.36. The fraction of sp³-hybridized carbons (Fsp3) is 0.321. The number of hydrazone groups is 1. The van der Waals surface area contributed by atoms with Crippen LogP contribution >= 0.6 is 30.2 Å². The number of nitrogens with two attached hydrogens (primary N) is 1. The maximum Gasteiger partial charge on any atom is 0.325 e. The maximum atomic E-state index is 13.7. The summed E-state index contributed by atoms with van der Waals surface area (Å²) >= 11 is 2.32. The van der Waals surface area contributed by atoms with Crippen LogP contribution in [-0.4, -0.2) is 52.5 Å². The van der Waals surface area contributed by atoms with Crippen molar-refractivity contribution in [3.63, 3.8) is 0 Å². The molecule has 12 heteroatoms. The number of hydrogen-bond donors (Lipinski definition) is 3. The third-order valence-electron chi connectivity index (χ3n) is 6.55. The Balaban J connectivity index is 1.75. The monoisotopic (exact) mass is 681 g/mol. The van der Waals surface area contributed by atoms with Crippen LogP contribution in [0.25, 0.3) is 6.08 Å². The second-order valence-electron chi connectivity index (χ2n) is 9.96. The zero-order valence-corrected chi connectivity index (χ0v) is 25.7. The highest BCUT2D eigenvalue weighted by Crippen LogP contribution is 2.45. The first-order valence-corrected chi connectivity index (χ1v) is 15.7. The van der Waals surface area contributed by atoms with Crippen molar-refractivity contribution in [3.8, 4) is 5.75 Å². The summed E-state index contributed by atoms with van der Waals surface area (Å²) in [6.07, 6.45) is 5.99. The van der Waals surface area contributed by atoms with Gasteiger partial charge in [0.1, 0.15) is 11.6 Å². The lowest BCUT2D eigenvalue weighted by atomic mass is 9.89. The molecule has 2 aromatic carbocycles. The molecule has 3 unspecified atom stereocenters. The van der Waals surface area contributed by atoms with Gasteiger partial charge in [-0.15, -0.1) is 0 Å². The van der Waals surface area contributed by atoms with E-state index in [4.69, 9.17) is 15.0 Å². The molecule has 2 heterocycles. The number of allylic oxidation sites excluding steroid dienone is 1. The van der Waals surface area contributed by atoms with Gasteiger partial charge in [0, 0.05) is 31.3 Å². The smallest absolute Gasteiger partial charge is 0.325 e. The Labute approximate surface area is 247 Å². The molecule has 214 valence electrons. The van der Waals surface area contributed by atoms with Crippen LogP contribution in [0.5, 0.6) is 5.75 Å². The number of benzene rings is 2. The first-order chi connectivity index (χ1) is 18.9. The van der Waals surface area contributed by atoms with Crippen LogP contribution < -0.4 is 20.8 Å². The summed E-state index contributed by atoms with van der Waals surface area (Å²) < 4.78 is 36.3. The molecule has 0 amide bonds. The molecule has 2 aromatic rings. The largest absolute Gasteiger partial charge is 0.495 e. The molecule has 2 aliphatic heterocycles. The SMILES string of the molecule is C=CN(/C=C(/C)N)c1ccc(/C=C2\CC(I)(COP(C)(=O)O)CN3C2=NNCC3c2ccc(F)cc2)cc1OC. The Hall–Kier alpha value is -2.86. The summed E-state index contributed by atoms with van der Waals surface area (Å²) in [6.45, 7) is 7.98. The molecule has 40 heavy (non-hydrogen) atoms. The standard InChI is InChI=1S/C28H34FIN5O4P/c1-5-34(16-19(2)31)24-11-6-20(13-26(24)38-3)12-22-14-28(30,18-39-40(4,36)37)17-35-25(15-32-33-27(22)35)21-7-9-23(29)10-8-21/h5-13,16,25,32H,1,14-15,17-18,31H2,2-4H3,(H,36,37)/b19-16-,22-12+. The minimum absolute atomic E-state index is 0.0733. The highest BCUT2D eigenvalue weighted by molar-refractivity contribution is 14.1. The molecule has 0 spiro atoms. The molecule has 0 aromatic heterocycles. The van der Waals surface area contributed by atoms with Crippen molar-refractivity contribution in [3.05, 3.63) is 89.7 Å². The van der Waals surface area contributed by atoms with Crippen LogP contribution in [0.1, 0.15) is 30.5 Å². The Morgan fingerprint density at radius 1 is 1.40 bits per heavy atom.